The molecule has 1 aliphatic rings. The first-order valence-corrected chi connectivity index (χ1v) is 14.1. The van der Waals surface area contributed by atoms with E-state index in [-0.39, 0.29) is 11.5 Å². The minimum Gasteiger partial charge on any atom is -0.402 e. The van der Waals surface area contributed by atoms with E-state index in [1.165, 1.54) is 6.07 Å². The van der Waals surface area contributed by atoms with E-state index in [0.717, 1.165) is 63.3 Å². The number of benzene rings is 1. The maximum absolute atomic E-state index is 13.0. The maximum Gasteiger partial charge on any atom is 0.315 e. The lowest BCUT2D eigenvalue weighted by atomic mass is 9.98. The Bertz CT molecular complexity index is 1200. The van der Waals surface area contributed by atoms with E-state index in [1.54, 1.807) is 17.3 Å². The molecule has 1 saturated heterocycles. The molecule has 2 aromatic heterocycles. The van der Waals surface area contributed by atoms with Crippen LogP contribution in [0.3, 0.4) is 0 Å². The summed E-state index contributed by atoms with van der Waals surface area (Å²) >= 11 is 0. The van der Waals surface area contributed by atoms with Crippen LogP contribution in [0.15, 0.2) is 35.0 Å². The quantitative estimate of drug-likeness (QED) is 0.321. The van der Waals surface area contributed by atoms with Crippen molar-refractivity contribution >= 4 is 17.7 Å². The number of nitrogens with one attached hydrogen (secondary N) is 1. The highest BCUT2D eigenvalue weighted by Gasteiger charge is 2.22. The smallest absolute Gasteiger partial charge is 0.315 e. The standard InChI is InChI=1S/C16H26N6O.C13H15F2NO/c1-5-8-22(11-12(4)6-2)14-10-18-13(9-19-14)15-20-21-16(23-15)17-7-3;1-9-4-6-16(7-5-9)13(17)10-2-3-11(14)12(15)8-10/h9-10,12H,5-8,11H2,1-4H3,(H,17,21);2-3,8-9H,4-7H2,1H3. The lowest BCUT2D eigenvalue weighted by Gasteiger charge is -2.30. The lowest BCUT2D eigenvalue weighted by molar-refractivity contribution is 0.0696. The predicted octanol–water partition coefficient (Wildman–Crippen LogP) is 6.06. The molecule has 218 valence electrons. The van der Waals surface area contributed by atoms with Crippen LogP contribution in [-0.4, -0.2) is 63.7 Å². The van der Waals surface area contributed by atoms with Crippen molar-refractivity contribution in [1.29, 1.82) is 0 Å². The van der Waals surface area contributed by atoms with Gasteiger partial charge in [-0.3, -0.25) is 4.79 Å². The highest BCUT2D eigenvalue weighted by atomic mass is 19.2. The van der Waals surface area contributed by atoms with Gasteiger partial charge in [-0.05, 0) is 56.2 Å². The largest absolute Gasteiger partial charge is 0.402 e. The number of anilines is 2. The topological polar surface area (TPSA) is 100 Å². The number of aromatic nitrogens is 4. The first-order chi connectivity index (χ1) is 19.2. The Hall–Kier alpha value is -3.63. The van der Waals surface area contributed by atoms with Crippen molar-refractivity contribution in [2.75, 3.05) is 42.9 Å². The Morgan fingerprint density at radius 2 is 1.88 bits per heavy atom. The molecule has 9 nitrogen and oxygen atoms in total. The molecular weight excluding hydrogens is 516 g/mol. The van der Waals surface area contributed by atoms with Gasteiger partial charge in [0, 0.05) is 38.3 Å². The van der Waals surface area contributed by atoms with Crippen molar-refractivity contribution in [3.63, 3.8) is 0 Å². The van der Waals surface area contributed by atoms with Crippen LogP contribution in [-0.2, 0) is 0 Å². The molecule has 3 aromatic rings. The van der Waals surface area contributed by atoms with Crippen LogP contribution in [0.5, 0.6) is 0 Å². The molecule has 11 heteroatoms. The molecular formula is C29H41F2N7O2. The molecule has 4 rings (SSSR count). The number of carbonyl (C=O) groups is 1. The van der Waals surface area contributed by atoms with Gasteiger partial charge in [0.25, 0.3) is 11.8 Å². The van der Waals surface area contributed by atoms with E-state index in [1.807, 2.05) is 6.92 Å². The van der Waals surface area contributed by atoms with Gasteiger partial charge in [0.2, 0.25) is 0 Å². The van der Waals surface area contributed by atoms with Crippen molar-refractivity contribution in [2.24, 2.45) is 11.8 Å². The molecule has 0 spiro atoms. The second kappa shape index (κ2) is 15.2. The summed E-state index contributed by atoms with van der Waals surface area (Å²) in [5.41, 5.74) is 0.809. The molecule has 0 bridgehead atoms. The van der Waals surface area contributed by atoms with Gasteiger partial charge < -0.3 is 19.5 Å². The number of nitrogens with zero attached hydrogens (tertiary/aromatic N) is 6. The van der Waals surface area contributed by atoms with Gasteiger partial charge in [0.05, 0.1) is 12.4 Å². The Balaban J connectivity index is 0.000000230. The summed E-state index contributed by atoms with van der Waals surface area (Å²) in [6.07, 6.45) is 7.64. The van der Waals surface area contributed by atoms with Crippen LogP contribution in [0.25, 0.3) is 11.6 Å². The van der Waals surface area contributed by atoms with E-state index in [9.17, 15) is 13.6 Å². The van der Waals surface area contributed by atoms with Crippen LogP contribution in [0.4, 0.5) is 20.6 Å². The molecule has 1 aromatic carbocycles. The summed E-state index contributed by atoms with van der Waals surface area (Å²) in [6, 6.07) is 3.70. The molecule has 1 N–H and O–H groups in total. The van der Waals surface area contributed by atoms with Gasteiger partial charge in [0.15, 0.2) is 11.6 Å². The Morgan fingerprint density at radius 3 is 2.48 bits per heavy atom. The summed E-state index contributed by atoms with van der Waals surface area (Å²) in [5.74, 6) is 0.419. The molecule has 1 amide bonds. The molecule has 1 fully saturated rings. The number of carbonyl (C=O) groups excluding carboxylic acids is 1. The summed E-state index contributed by atoms with van der Waals surface area (Å²) in [4.78, 5) is 25.0. The molecule has 0 radical (unpaired) electrons. The van der Waals surface area contributed by atoms with E-state index in [2.05, 4.69) is 58.1 Å². The van der Waals surface area contributed by atoms with Gasteiger partial charge in [-0.25, -0.2) is 18.7 Å². The van der Waals surface area contributed by atoms with Gasteiger partial charge in [-0.1, -0.05) is 39.2 Å². The van der Waals surface area contributed by atoms with Crippen LogP contribution >= 0.6 is 0 Å². The number of amides is 1. The first-order valence-electron chi connectivity index (χ1n) is 14.1. The van der Waals surface area contributed by atoms with E-state index in [4.69, 9.17) is 4.42 Å². The zero-order valence-corrected chi connectivity index (χ0v) is 24.2. The van der Waals surface area contributed by atoms with E-state index < -0.39 is 11.6 Å². The first kappa shape index (κ1) is 30.9. The van der Waals surface area contributed by atoms with Crippen molar-refractivity contribution in [3.05, 3.63) is 47.8 Å². The summed E-state index contributed by atoms with van der Waals surface area (Å²) in [6.45, 7) is 14.8. The van der Waals surface area contributed by atoms with Crippen molar-refractivity contribution in [1.82, 2.24) is 25.1 Å². The molecule has 1 unspecified atom stereocenters. The van der Waals surface area contributed by atoms with Crippen molar-refractivity contribution in [3.8, 4) is 11.6 Å². The third-order valence-electron chi connectivity index (χ3n) is 6.89. The minimum atomic E-state index is -0.971. The Morgan fingerprint density at radius 1 is 1.12 bits per heavy atom. The van der Waals surface area contributed by atoms with Gasteiger partial charge in [0.1, 0.15) is 11.5 Å². The van der Waals surface area contributed by atoms with Crippen LogP contribution in [0.1, 0.15) is 70.7 Å². The fourth-order valence-corrected chi connectivity index (χ4v) is 4.24. The van der Waals surface area contributed by atoms with Crippen LogP contribution in [0, 0.1) is 23.5 Å². The normalized spacial score (nSPS) is 14.3. The average molecular weight is 558 g/mol. The number of hydrogen-bond donors (Lipinski definition) is 1. The van der Waals surface area contributed by atoms with Crippen LogP contribution < -0.4 is 10.2 Å². The molecule has 3 heterocycles. The SMILES string of the molecule is CC1CCN(C(=O)c2ccc(F)c(F)c2)CC1.CCCN(CC(C)CC)c1cnc(-c2nnc(NCC)o2)cn1. The zero-order valence-electron chi connectivity index (χ0n) is 24.2. The molecule has 0 aliphatic carbocycles. The molecule has 1 atom stereocenters. The van der Waals surface area contributed by atoms with E-state index in [0.29, 0.717) is 42.5 Å². The van der Waals surface area contributed by atoms with Gasteiger partial charge in [-0.15, -0.1) is 5.10 Å². The fourth-order valence-electron chi connectivity index (χ4n) is 4.24. The molecule has 1 aliphatic heterocycles. The maximum atomic E-state index is 13.0. The highest BCUT2D eigenvalue weighted by Crippen LogP contribution is 2.21. The number of likely N-dealkylation sites (tertiary alicyclic amines) is 1. The number of hydrogen-bond acceptors (Lipinski definition) is 8. The number of halogens is 2. The second-order valence-corrected chi connectivity index (χ2v) is 10.3. The van der Waals surface area contributed by atoms with Gasteiger partial charge in [-0.2, -0.15) is 0 Å². The summed E-state index contributed by atoms with van der Waals surface area (Å²) in [5, 5.41) is 10.9. The molecule has 0 saturated carbocycles. The third kappa shape index (κ3) is 8.69. The van der Waals surface area contributed by atoms with Crippen molar-refractivity contribution in [2.45, 2.75) is 60.3 Å². The number of piperidine rings is 1. The summed E-state index contributed by atoms with van der Waals surface area (Å²) in [7, 11) is 0. The number of rotatable bonds is 10. The monoisotopic (exact) mass is 557 g/mol. The Kier molecular flexibility index (Phi) is 11.8. The van der Waals surface area contributed by atoms with Crippen LogP contribution in [0.2, 0.25) is 0 Å². The van der Waals surface area contributed by atoms with Gasteiger partial charge >= 0.3 is 6.01 Å². The minimum absolute atomic E-state index is 0.212. The average Bonchev–Trinajstić information content (AvgIpc) is 3.43. The van der Waals surface area contributed by atoms with Crippen molar-refractivity contribution < 1.29 is 18.0 Å². The lowest BCUT2D eigenvalue weighted by Crippen LogP contribution is -2.37. The third-order valence-corrected chi connectivity index (χ3v) is 6.89. The summed E-state index contributed by atoms with van der Waals surface area (Å²) < 4.78 is 31.3. The fraction of sp³-hybridized carbons (Fsp3) is 0.552. The predicted molar refractivity (Wildman–Crippen MR) is 152 cm³/mol. The highest BCUT2D eigenvalue weighted by molar-refractivity contribution is 5.94. The zero-order chi connectivity index (χ0) is 29.1. The molecule has 40 heavy (non-hydrogen) atoms. The second-order valence-electron chi connectivity index (χ2n) is 10.3. The van der Waals surface area contributed by atoms with E-state index >= 15 is 0 Å². The Labute approximate surface area is 235 Å².